The van der Waals surface area contributed by atoms with Gasteiger partial charge in [-0.05, 0) is 18.2 Å². The molecule has 0 aliphatic heterocycles. The van der Waals surface area contributed by atoms with Gasteiger partial charge in [0, 0.05) is 5.56 Å². The number of aliphatic hydroxyl groups excluding tert-OH is 1. The van der Waals surface area contributed by atoms with Gasteiger partial charge in [-0.1, -0.05) is 48.5 Å². The number of nitrogens with one attached hydrogen (secondary N) is 1. The summed E-state index contributed by atoms with van der Waals surface area (Å²) in [4.78, 5) is 8.35. The monoisotopic (exact) mass is 293 g/mol. The van der Waals surface area contributed by atoms with Crippen molar-refractivity contribution in [2.45, 2.75) is 6.61 Å². The number of hydrogen-bond donors (Lipinski definition) is 2. The maximum absolute atomic E-state index is 9.29. The third-order valence-electron chi connectivity index (χ3n) is 2.99. The summed E-state index contributed by atoms with van der Waals surface area (Å²) in [5.74, 6) is 0. The van der Waals surface area contributed by atoms with Gasteiger partial charge in [-0.15, -0.1) is 0 Å². The van der Waals surface area contributed by atoms with Gasteiger partial charge in [0.05, 0.1) is 23.7 Å². The Balaban J connectivity index is 0.000000545. The minimum atomic E-state index is -0.0559. The first kappa shape index (κ1) is 15.4. The Labute approximate surface area is 128 Å². The number of para-hydroxylation sites is 1. The summed E-state index contributed by atoms with van der Waals surface area (Å²) in [5.41, 5.74) is 3.72. The molecule has 0 aliphatic rings. The van der Waals surface area contributed by atoms with Gasteiger partial charge in [-0.25, -0.2) is 14.9 Å². The molecule has 110 valence electrons. The predicted molar refractivity (Wildman–Crippen MR) is 83.3 cm³/mol. The molecular formula is C17H15N3O2. The Morgan fingerprint density at radius 1 is 1.05 bits per heavy atom. The number of carbonyl (C=O) groups excluding carboxylic acids is 1. The molecule has 3 rings (SSSR count). The summed E-state index contributed by atoms with van der Waals surface area (Å²) >= 11 is 0. The van der Waals surface area contributed by atoms with Crippen LogP contribution in [0.25, 0.3) is 16.9 Å². The molecule has 5 nitrogen and oxygen atoms in total. The largest absolute Gasteiger partial charge is 0.390 e. The number of isocyanates is 1. The summed E-state index contributed by atoms with van der Waals surface area (Å²) < 4.78 is 1.86. The fraction of sp³-hybridized carbons (Fsp3) is 0.0588. The van der Waals surface area contributed by atoms with Crippen molar-refractivity contribution in [2.24, 2.45) is 0 Å². The van der Waals surface area contributed by atoms with E-state index >= 15 is 0 Å². The standard InChI is InChI=1S/C16H14N2O.CHNO/c19-12-14-11-16(13-7-3-1-4-8-13)18(17-14)15-9-5-2-6-10-15;2-1-3/h1-11,19H,12H2;2H. The van der Waals surface area contributed by atoms with Gasteiger partial charge in [0.2, 0.25) is 6.08 Å². The van der Waals surface area contributed by atoms with Crippen molar-refractivity contribution in [3.8, 4) is 16.9 Å². The fourth-order valence-corrected chi connectivity index (χ4v) is 2.09. The molecule has 0 aliphatic carbocycles. The Morgan fingerprint density at radius 3 is 2.14 bits per heavy atom. The van der Waals surface area contributed by atoms with Gasteiger partial charge in [-0.3, -0.25) is 0 Å². The summed E-state index contributed by atoms with van der Waals surface area (Å²) in [7, 11) is 0. The second kappa shape index (κ2) is 7.69. The molecule has 3 aromatic rings. The molecule has 0 atom stereocenters. The van der Waals surface area contributed by atoms with Gasteiger partial charge in [0.25, 0.3) is 0 Å². The lowest BCUT2D eigenvalue weighted by Crippen LogP contribution is -1.99. The van der Waals surface area contributed by atoms with Gasteiger partial charge < -0.3 is 5.11 Å². The van der Waals surface area contributed by atoms with E-state index in [9.17, 15) is 5.11 Å². The molecule has 0 radical (unpaired) electrons. The molecule has 0 spiro atoms. The molecule has 22 heavy (non-hydrogen) atoms. The van der Waals surface area contributed by atoms with E-state index in [0.717, 1.165) is 23.0 Å². The van der Waals surface area contributed by atoms with Gasteiger partial charge in [-0.2, -0.15) is 5.10 Å². The third kappa shape index (κ3) is 3.55. The van der Waals surface area contributed by atoms with E-state index in [2.05, 4.69) is 5.10 Å². The highest BCUT2D eigenvalue weighted by Gasteiger charge is 2.10. The van der Waals surface area contributed by atoms with Crippen molar-refractivity contribution in [1.82, 2.24) is 9.78 Å². The van der Waals surface area contributed by atoms with Crippen molar-refractivity contribution < 1.29 is 9.90 Å². The van der Waals surface area contributed by atoms with Crippen LogP contribution < -0.4 is 0 Å². The molecule has 1 aromatic heterocycles. The van der Waals surface area contributed by atoms with Crippen molar-refractivity contribution in [3.63, 3.8) is 0 Å². The first-order chi connectivity index (χ1) is 10.8. The minimum Gasteiger partial charge on any atom is -0.390 e. The molecule has 0 fully saturated rings. The van der Waals surface area contributed by atoms with Crippen molar-refractivity contribution in [3.05, 3.63) is 72.4 Å². The van der Waals surface area contributed by atoms with Crippen LogP contribution in [0.4, 0.5) is 0 Å². The van der Waals surface area contributed by atoms with E-state index in [1.54, 1.807) is 0 Å². The van der Waals surface area contributed by atoms with Crippen molar-refractivity contribution in [1.29, 1.82) is 5.41 Å². The van der Waals surface area contributed by atoms with E-state index in [1.807, 2.05) is 71.4 Å². The molecule has 0 bridgehead atoms. The zero-order valence-corrected chi connectivity index (χ0v) is 11.8. The third-order valence-corrected chi connectivity index (χ3v) is 2.99. The zero-order valence-electron chi connectivity index (χ0n) is 11.8. The molecule has 2 N–H and O–H groups in total. The first-order valence-corrected chi connectivity index (χ1v) is 6.64. The fourth-order valence-electron chi connectivity index (χ4n) is 2.09. The van der Waals surface area contributed by atoms with E-state index in [0.29, 0.717) is 5.69 Å². The highest BCUT2D eigenvalue weighted by Crippen LogP contribution is 2.23. The lowest BCUT2D eigenvalue weighted by molar-refractivity contribution is 0.276. The number of benzene rings is 2. The molecule has 2 aromatic carbocycles. The average molecular weight is 293 g/mol. The smallest absolute Gasteiger partial charge is 0.231 e. The normalized spacial score (nSPS) is 9.50. The Morgan fingerprint density at radius 2 is 1.59 bits per heavy atom. The highest BCUT2D eigenvalue weighted by molar-refractivity contribution is 5.62. The van der Waals surface area contributed by atoms with E-state index in [4.69, 9.17) is 10.2 Å². The van der Waals surface area contributed by atoms with Crippen LogP contribution in [0.2, 0.25) is 0 Å². The minimum absolute atomic E-state index is 0.0559. The first-order valence-electron chi connectivity index (χ1n) is 6.64. The lowest BCUT2D eigenvalue weighted by atomic mass is 10.1. The van der Waals surface area contributed by atoms with Gasteiger partial charge in [0.15, 0.2) is 0 Å². The zero-order chi connectivity index (χ0) is 15.8. The number of aliphatic hydroxyl groups is 1. The van der Waals surface area contributed by atoms with Crippen molar-refractivity contribution >= 4 is 6.08 Å². The van der Waals surface area contributed by atoms with Crippen LogP contribution >= 0.6 is 0 Å². The maximum Gasteiger partial charge on any atom is 0.231 e. The molecule has 5 heteroatoms. The Bertz CT molecular complexity index is 689. The lowest BCUT2D eigenvalue weighted by Gasteiger charge is -2.07. The summed E-state index contributed by atoms with van der Waals surface area (Å²) in [6.07, 6.45) is 0.750. The van der Waals surface area contributed by atoms with Crippen molar-refractivity contribution in [2.75, 3.05) is 0 Å². The van der Waals surface area contributed by atoms with Crippen LogP contribution in [0.5, 0.6) is 0 Å². The molecule has 0 saturated carbocycles. The number of hydrogen-bond acceptors (Lipinski definition) is 4. The van der Waals surface area contributed by atoms with E-state index in [-0.39, 0.29) is 6.61 Å². The second-order valence-electron chi connectivity index (χ2n) is 4.39. The van der Waals surface area contributed by atoms with Crippen LogP contribution in [-0.4, -0.2) is 21.0 Å². The summed E-state index contributed by atoms with van der Waals surface area (Å²) in [6.45, 7) is -0.0559. The van der Waals surface area contributed by atoms with E-state index in [1.165, 1.54) is 0 Å². The van der Waals surface area contributed by atoms with Crippen LogP contribution in [0.1, 0.15) is 5.69 Å². The van der Waals surface area contributed by atoms with Crippen LogP contribution in [0.15, 0.2) is 66.7 Å². The number of rotatable bonds is 3. The Kier molecular flexibility index (Phi) is 5.37. The Hall–Kier alpha value is -3.01. The molecule has 0 unspecified atom stereocenters. The second-order valence-corrected chi connectivity index (χ2v) is 4.39. The van der Waals surface area contributed by atoms with Crippen LogP contribution in [-0.2, 0) is 11.4 Å². The number of nitrogens with zero attached hydrogens (tertiary/aromatic N) is 2. The van der Waals surface area contributed by atoms with E-state index < -0.39 is 0 Å². The molecule has 0 amide bonds. The molecular weight excluding hydrogens is 278 g/mol. The summed E-state index contributed by atoms with van der Waals surface area (Å²) in [6, 6.07) is 21.9. The average Bonchev–Trinajstić information content (AvgIpc) is 3.02. The molecule has 0 saturated heterocycles. The summed E-state index contributed by atoms with van der Waals surface area (Å²) in [5, 5.41) is 19.1. The number of aromatic nitrogens is 2. The topological polar surface area (TPSA) is 79.0 Å². The van der Waals surface area contributed by atoms with Gasteiger partial charge in [0.1, 0.15) is 0 Å². The van der Waals surface area contributed by atoms with Crippen LogP contribution in [0, 0.1) is 5.41 Å². The van der Waals surface area contributed by atoms with Gasteiger partial charge >= 0.3 is 0 Å². The maximum atomic E-state index is 9.29. The predicted octanol–water partition coefficient (Wildman–Crippen LogP) is 2.93. The quantitative estimate of drug-likeness (QED) is 0.575. The van der Waals surface area contributed by atoms with Crippen LogP contribution in [0.3, 0.4) is 0 Å². The molecule has 1 heterocycles. The SMILES string of the molecule is N=C=O.OCc1cc(-c2ccccc2)n(-c2ccccc2)n1. The highest BCUT2D eigenvalue weighted by atomic mass is 16.3.